The predicted octanol–water partition coefficient (Wildman–Crippen LogP) is 1.96. The number of ether oxygens (including phenoxy) is 1. The van der Waals surface area contributed by atoms with Crippen molar-refractivity contribution in [2.24, 2.45) is 0 Å². The van der Waals surface area contributed by atoms with E-state index in [4.69, 9.17) is 10.5 Å². The van der Waals surface area contributed by atoms with E-state index in [1.807, 2.05) is 26.8 Å². The molecule has 1 heterocycles. The third-order valence-electron chi connectivity index (χ3n) is 2.36. The minimum Gasteiger partial charge on any atom is -0.459 e. The number of carbonyl (C=O) groups excluding carboxylic acids is 1. The molecule has 0 atom stereocenters. The van der Waals surface area contributed by atoms with Gasteiger partial charge in [-0.1, -0.05) is 0 Å². The number of rotatable bonds is 2. The molecule has 1 aromatic carbocycles. The molecule has 0 amide bonds. The number of hydrogen-bond acceptors (Lipinski definition) is 4. The summed E-state index contributed by atoms with van der Waals surface area (Å²) in [5.74, 6) is -0.279. The van der Waals surface area contributed by atoms with Gasteiger partial charge >= 0.3 is 5.97 Å². The zero-order chi connectivity index (χ0) is 13.3. The van der Waals surface area contributed by atoms with E-state index in [-0.39, 0.29) is 12.5 Å². The van der Waals surface area contributed by atoms with Crippen molar-refractivity contribution in [2.45, 2.75) is 32.9 Å². The van der Waals surface area contributed by atoms with Gasteiger partial charge in [-0.05, 0) is 39.0 Å². The summed E-state index contributed by atoms with van der Waals surface area (Å²) in [4.78, 5) is 15.9. The molecule has 2 rings (SSSR count). The Morgan fingerprint density at radius 1 is 1.44 bits per heavy atom. The smallest absolute Gasteiger partial charge is 0.326 e. The minimum absolute atomic E-state index is 0.150. The normalized spacial score (nSPS) is 11.7. The first-order chi connectivity index (χ1) is 8.35. The zero-order valence-electron chi connectivity index (χ0n) is 10.8. The zero-order valence-corrected chi connectivity index (χ0v) is 10.8. The van der Waals surface area contributed by atoms with Crippen LogP contribution < -0.4 is 5.73 Å². The van der Waals surface area contributed by atoms with Crippen LogP contribution in [0.3, 0.4) is 0 Å². The van der Waals surface area contributed by atoms with E-state index in [2.05, 4.69) is 4.98 Å². The molecule has 0 fully saturated rings. The highest BCUT2D eigenvalue weighted by Gasteiger charge is 2.17. The summed E-state index contributed by atoms with van der Waals surface area (Å²) in [5, 5.41) is 0. The van der Waals surface area contributed by atoms with Gasteiger partial charge in [0.05, 0.1) is 17.4 Å². The fourth-order valence-electron chi connectivity index (χ4n) is 1.72. The van der Waals surface area contributed by atoms with Gasteiger partial charge in [-0.3, -0.25) is 4.79 Å². The number of imidazole rings is 1. The molecule has 0 radical (unpaired) electrons. The maximum atomic E-state index is 11.7. The lowest BCUT2D eigenvalue weighted by Gasteiger charge is -2.19. The molecule has 0 saturated carbocycles. The standard InChI is InChI=1S/C13H17N3O2/c1-13(2,3)18-12(17)7-16-8-15-10-6-9(14)4-5-11(10)16/h4-6,8H,7,14H2,1-3H3. The first-order valence-electron chi connectivity index (χ1n) is 5.77. The van der Waals surface area contributed by atoms with Crippen LogP contribution in [-0.4, -0.2) is 21.1 Å². The summed E-state index contributed by atoms with van der Waals surface area (Å²) in [6.07, 6.45) is 1.62. The molecule has 0 aliphatic heterocycles. The van der Waals surface area contributed by atoms with Gasteiger partial charge < -0.3 is 15.0 Å². The number of benzene rings is 1. The summed E-state index contributed by atoms with van der Waals surface area (Å²) >= 11 is 0. The SMILES string of the molecule is CC(C)(C)OC(=O)Cn1cnc2cc(N)ccc21. The van der Waals surface area contributed by atoms with Crippen LogP contribution in [0.2, 0.25) is 0 Å². The molecular formula is C13H17N3O2. The number of carbonyl (C=O) groups is 1. The fraction of sp³-hybridized carbons (Fsp3) is 0.385. The number of nitrogens with zero attached hydrogens (tertiary/aromatic N) is 2. The van der Waals surface area contributed by atoms with Gasteiger partial charge in [-0.25, -0.2) is 4.98 Å². The highest BCUT2D eigenvalue weighted by atomic mass is 16.6. The third kappa shape index (κ3) is 2.80. The lowest BCUT2D eigenvalue weighted by Crippen LogP contribution is -2.26. The quantitative estimate of drug-likeness (QED) is 0.650. The lowest BCUT2D eigenvalue weighted by atomic mass is 10.2. The molecule has 0 unspecified atom stereocenters. The Bertz CT molecular complexity index is 581. The predicted molar refractivity (Wildman–Crippen MR) is 70.0 cm³/mol. The van der Waals surface area contributed by atoms with E-state index in [0.717, 1.165) is 11.0 Å². The van der Waals surface area contributed by atoms with Gasteiger partial charge in [0, 0.05) is 5.69 Å². The van der Waals surface area contributed by atoms with Crippen molar-refractivity contribution in [1.29, 1.82) is 0 Å². The monoisotopic (exact) mass is 247 g/mol. The topological polar surface area (TPSA) is 70.1 Å². The van der Waals surface area contributed by atoms with Crippen LogP contribution in [0.25, 0.3) is 11.0 Å². The molecule has 2 aromatic rings. The van der Waals surface area contributed by atoms with Crippen LogP contribution in [0.4, 0.5) is 5.69 Å². The summed E-state index contributed by atoms with van der Waals surface area (Å²) in [6.45, 7) is 5.69. The Morgan fingerprint density at radius 2 is 2.17 bits per heavy atom. The number of nitrogens with two attached hydrogens (primary N) is 1. The number of aromatic nitrogens is 2. The summed E-state index contributed by atoms with van der Waals surface area (Å²) in [5.41, 5.74) is 7.51. The van der Waals surface area contributed by atoms with E-state index in [0.29, 0.717) is 5.69 Å². The summed E-state index contributed by atoms with van der Waals surface area (Å²) < 4.78 is 7.02. The van der Waals surface area contributed by atoms with Crippen LogP contribution >= 0.6 is 0 Å². The third-order valence-corrected chi connectivity index (χ3v) is 2.36. The number of anilines is 1. The fourth-order valence-corrected chi connectivity index (χ4v) is 1.72. The van der Waals surface area contributed by atoms with Crippen molar-refractivity contribution in [2.75, 3.05) is 5.73 Å². The van der Waals surface area contributed by atoms with Crippen molar-refractivity contribution in [3.63, 3.8) is 0 Å². The lowest BCUT2D eigenvalue weighted by molar-refractivity contribution is -0.155. The van der Waals surface area contributed by atoms with Crippen molar-refractivity contribution < 1.29 is 9.53 Å². The molecule has 0 aliphatic rings. The Balaban J connectivity index is 2.20. The molecule has 5 nitrogen and oxygen atoms in total. The van der Waals surface area contributed by atoms with Crippen LogP contribution in [0, 0.1) is 0 Å². The molecule has 0 bridgehead atoms. The van der Waals surface area contributed by atoms with Crippen molar-refractivity contribution >= 4 is 22.7 Å². The summed E-state index contributed by atoms with van der Waals surface area (Å²) in [6, 6.07) is 5.42. The van der Waals surface area contributed by atoms with Crippen molar-refractivity contribution in [3.05, 3.63) is 24.5 Å². The van der Waals surface area contributed by atoms with E-state index < -0.39 is 5.60 Å². The highest BCUT2D eigenvalue weighted by Crippen LogP contribution is 2.16. The molecule has 5 heteroatoms. The molecule has 2 N–H and O–H groups in total. The van der Waals surface area contributed by atoms with Gasteiger partial charge in [0.2, 0.25) is 0 Å². The Kier molecular flexibility index (Phi) is 2.98. The maximum Gasteiger partial charge on any atom is 0.326 e. The van der Waals surface area contributed by atoms with Gasteiger partial charge in [0.25, 0.3) is 0 Å². The average Bonchev–Trinajstić information content (AvgIpc) is 2.57. The van der Waals surface area contributed by atoms with E-state index in [1.165, 1.54) is 0 Å². The number of hydrogen-bond donors (Lipinski definition) is 1. The van der Waals surface area contributed by atoms with E-state index in [9.17, 15) is 4.79 Å². The molecule has 0 aliphatic carbocycles. The van der Waals surface area contributed by atoms with Crippen LogP contribution in [0.1, 0.15) is 20.8 Å². The van der Waals surface area contributed by atoms with Crippen molar-refractivity contribution in [1.82, 2.24) is 9.55 Å². The van der Waals surface area contributed by atoms with E-state index >= 15 is 0 Å². The van der Waals surface area contributed by atoms with Crippen molar-refractivity contribution in [3.8, 4) is 0 Å². The average molecular weight is 247 g/mol. The van der Waals surface area contributed by atoms with Gasteiger partial charge in [-0.2, -0.15) is 0 Å². The minimum atomic E-state index is -0.474. The number of esters is 1. The van der Waals surface area contributed by atoms with Crippen LogP contribution in [0.15, 0.2) is 24.5 Å². The molecule has 0 spiro atoms. The summed E-state index contributed by atoms with van der Waals surface area (Å²) in [7, 11) is 0. The van der Waals surface area contributed by atoms with Gasteiger partial charge in [-0.15, -0.1) is 0 Å². The second kappa shape index (κ2) is 4.33. The molecule has 1 aromatic heterocycles. The number of fused-ring (bicyclic) bond motifs is 1. The Morgan fingerprint density at radius 3 is 2.83 bits per heavy atom. The van der Waals surface area contributed by atoms with Crippen LogP contribution in [-0.2, 0) is 16.1 Å². The van der Waals surface area contributed by atoms with Gasteiger partial charge in [0.1, 0.15) is 12.1 Å². The second-order valence-corrected chi connectivity index (χ2v) is 5.21. The Labute approximate surface area is 106 Å². The molecule has 96 valence electrons. The highest BCUT2D eigenvalue weighted by molar-refractivity contribution is 5.80. The second-order valence-electron chi connectivity index (χ2n) is 5.21. The molecule has 0 saturated heterocycles. The first-order valence-corrected chi connectivity index (χ1v) is 5.77. The largest absolute Gasteiger partial charge is 0.459 e. The maximum absolute atomic E-state index is 11.7. The Hall–Kier alpha value is -2.04. The molecular weight excluding hydrogens is 230 g/mol. The van der Waals surface area contributed by atoms with E-state index in [1.54, 1.807) is 23.0 Å². The van der Waals surface area contributed by atoms with Gasteiger partial charge in [0.15, 0.2) is 0 Å². The number of nitrogen functional groups attached to an aromatic ring is 1. The first kappa shape index (κ1) is 12.4. The van der Waals surface area contributed by atoms with Crippen LogP contribution in [0.5, 0.6) is 0 Å². The molecule has 18 heavy (non-hydrogen) atoms.